The van der Waals surface area contributed by atoms with E-state index >= 15 is 0 Å². The standard InChI is InChI=1S/C22H33N3OS/c1-5-6-12-24(4)13-8-14-25(17-21-9-7-15-26-21)22(27)23-20-11-10-18(2)19(3)16-20/h7,9-11,15-16H,5-6,8,12-14,17H2,1-4H3,(H,23,27)/p+1. The third-order valence-electron chi connectivity index (χ3n) is 4.96. The van der Waals surface area contributed by atoms with E-state index in [9.17, 15) is 0 Å². The predicted octanol–water partition coefficient (Wildman–Crippen LogP) is 3.80. The highest BCUT2D eigenvalue weighted by Gasteiger charge is 2.13. The lowest BCUT2D eigenvalue weighted by molar-refractivity contribution is -0.880. The molecule has 27 heavy (non-hydrogen) atoms. The van der Waals surface area contributed by atoms with Gasteiger partial charge >= 0.3 is 0 Å². The van der Waals surface area contributed by atoms with E-state index in [2.05, 4.69) is 56.2 Å². The zero-order chi connectivity index (χ0) is 19.6. The summed E-state index contributed by atoms with van der Waals surface area (Å²) >= 11 is 5.72. The molecule has 2 N–H and O–H groups in total. The van der Waals surface area contributed by atoms with Crippen molar-refractivity contribution in [3.05, 3.63) is 53.5 Å². The minimum atomic E-state index is 0.692. The van der Waals surface area contributed by atoms with Crippen LogP contribution >= 0.6 is 12.2 Å². The van der Waals surface area contributed by atoms with Gasteiger partial charge in [0.05, 0.1) is 32.9 Å². The minimum absolute atomic E-state index is 0.692. The number of aryl methyl sites for hydroxylation is 2. The van der Waals surface area contributed by atoms with Crippen molar-refractivity contribution >= 4 is 23.0 Å². The van der Waals surface area contributed by atoms with Gasteiger partial charge in [-0.1, -0.05) is 19.4 Å². The van der Waals surface area contributed by atoms with Crippen molar-refractivity contribution in [1.29, 1.82) is 0 Å². The zero-order valence-corrected chi connectivity index (χ0v) is 18.0. The maximum atomic E-state index is 5.72. The molecule has 1 atom stereocenters. The average molecular weight is 389 g/mol. The molecule has 1 aromatic heterocycles. The highest BCUT2D eigenvalue weighted by molar-refractivity contribution is 7.80. The molecule has 2 rings (SSSR count). The van der Waals surface area contributed by atoms with Crippen molar-refractivity contribution < 1.29 is 9.32 Å². The van der Waals surface area contributed by atoms with Gasteiger partial charge in [-0.2, -0.15) is 0 Å². The second-order valence-corrected chi connectivity index (χ2v) is 7.78. The van der Waals surface area contributed by atoms with E-state index in [0.717, 1.165) is 36.1 Å². The number of hydrogen-bond donors (Lipinski definition) is 2. The molecule has 2 aromatic rings. The monoisotopic (exact) mass is 388 g/mol. The molecule has 4 nitrogen and oxygen atoms in total. The zero-order valence-electron chi connectivity index (χ0n) is 17.2. The molecule has 5 heteroatoms. The third kappa shape index (κ3) is 7.35. The first-order valence-corrected chi connectivity index (χ1v) is 10.4. The number of unbranched alkanes of at least 4 members (excludes halogenated alkanes) is 1. The van der Waals surface area contributed by atoms with E-state index < -0.39 is 0 Å². The Hall–Kier alpha value is -1.85. The first-order valence-electron chi connectivity index (χ1n) is 9.96. The summed E-state index contributed by atoms with van der Waals surface area (Å²) in [5.41, 5.74) is 3.59. The SMILES string of the molecule is CCCC[NH+](C)CCCN(Cc1ccco1)C(=S)Nc1ccc(C)c(C)c1. The summed E-state index contributed by atoms with van der Waals surface area (Å²) in [5.74, 6) is 0.936. The molecule has 0 saturated heterocycles. The van der Waals surface area contributed by atoms with Gasteiger partial charge in [0.2, 0.25) is 0 Å². The Morgan fingerprint density at radius 2 is 1.93 bits per heavy atom. The van der Waals surface area contributed by atoms with Crippen LogP contribution in [0.5, 0.6) is 0 Å². The Morgan fingerprint density at radius 3 is 2.59 bits per heavy atom. The summed E-state index contributed by atoms with van der Waals surface area (Å²) in [4.78, 5) is 3.79. The molecule has 0 bridgehead atoms. The summed E-state index contributed by atoms with van der Waals surface area (Å²) in [5, 5.41) is 4.15. The molecule has 1 unspecified atom stereocenters. The average Bonchev–Trinajstić information content (AvgIpc) is 3.15. The van der Waals surface area contributed by atoms with E-state index in [1.54, 1.807) is 11.2 Å². The van der Waals surface area contributed by atoms with Gasteiger partial charge in [0.25, 0.3) is 0 Å². The number of nitrogens with zero attached hydrogens (tertiary/aromatic N) is 1. The molecule has 0 saturated carbocycles. The van der Waals surface area contributed by atoms with Crippen molar-refractivity contribution in [3.63, 3.8) is 0 Å². The lowest BCUT2D eigenvalue weighted by atomic mass is 10.1. The summed E-state index contributed by atoms with van der Waals surface area (Å²) in [6.45, 7) is 10.5. The normalized spacial score (nSPS) is 12.0. The molecular formula is C22H34N3OS+. The van der Waals surface area contributed by atoms with Crippen molar-refractivity contribution in [2.75, 3.05) is 32.0 Å². The number of hydrogen-bond acceptors (Lipinski definition) is 2. The Kier molecular flexibility index (Phi) is 8.82. The highest BCUT2D eigenvalue weighted by atomic mass is 32.1. The number of furan rings is 1. The second-order valence-electron chi connectivity index (χ2n) is 7.39. The summed E-state index contributed by atoms with van der Waals surface area (Å²) in [6, 6.07) is 10.3. The van der Waals surface area contributed by atoms with Gasteiger partial charge in [-0.15, -0.1) is 0 Å². The molecule has 0 spiro atoms. The van der Waals surface area contributed by atoms with Gasteiger partial charge in [-0.3, -0.25) is 0 Å². The van der Waals surface area contributed by atoms with E-state index in [-0.39, 0.29) is 0 Å². The third-order valence-corrected chi connectivity index (χ3v) is 5.32. The van der Waals surface area contributed by atoms with Gasteiger partial charge in [-0.05, 0) is 67.9 Å². The molecular weight excluding hydrogens is 354 g/mol. The quantitative estimate of drug-likeness (QED) is 0.607. The maximum absolute atomic E-state index is 5.72. The van der Waals surface area contributed by atoms with Gasteiger partial charge in [0.15, 0.2) is 5.11 Å². The summed E-state index contributed by atoms with van der Waals surface area (Å²) in [7, 11) is 2.28. The van der Waals surface area contributed by atoms with Crippen LogP contribution < -0.4 is 10.2 Å². The lowest BCUT2D eigenvalue weighted by Crippen LogP contribution is -3.09. The molecule has 0 radical (unpaired) electrons. The van der Waals surface area contributed by atoms with Crippen LogP contribution in [0.3, 0.4) is 0 Å². The van der Waals surface area contributed by atoms with Crippen LogP contribution in [0, 0.1) is 13.8 Å². The van der Waals surface area contributed by atoms with Gasteiger partial charge < -0.3 is 19.5 Å². The molecule has 0 fully saturated rings. The lowest BCUT2D eigenvalue weighted by Gasteiger charge is -2.26. The molecule has 0 aliphatic carbocycles. The van der Waals surface area contributed by atoms with Crippen LogP contribution in [0.2, 0.25) is 0 Å². The minimum Gasteiger partial charge on any atom is -0.467 e. The summed E-state index contributed by atoms with van der Waals surface area (Å²) in [6.07, 6.45) is 5.36. The molecule has 1 heterocycles. The Balaban J connectivity index is 1.95. The predicted molar refractivity (Wildman–Crippen MR) is 117 cm³/mol. The molecule has 0 amide bonds. The number of quaternary nitrogens is 1. The number of anilines is 1. The summed E-state index contributed by atoms with van der Waals surface area (Å²) < 4.78 is 5.55. The fourth-order valence-corrected chi connectivity index (χ4v) is 3.31. The first-order chi connectivity index (χ1) is 13.0. The van der Waals surface area contributed by atoms with E-state index in [4.69, 9.17) is 16.6 Å². The first kappa shape index (κ1) is 21.5. The highest BCUT2D eigenvalue weighted by Crippen LogP contribution is 2.16. The van der Waals surface area contributed by atoms with Crippen LogP contribution in [-0.2, 0) is 6.54 Å². The molecule has 0 aliphatic heterocycles. The van der Waals surface area contributed by atoms with Crippen LogP contribution in [0.4, 0.5) is 5.69 Å². The van der Waals surface area contributed by atoms with Crippen LogP contribution in [-0.4, -0.2) is 36.7 Å². The second kappa shape index (κ2) is 11.1. The molecule has 0 aliphatic rings. The Bertz CT molecular complexity index is 700. The fourth-order valence-electron chi connectivity index (χ4n) is 3.04. The molecule has 1 aromatic carbocycles. The van der Waals surface area contributed by atoms with Crippen LogP contribution in [0.1, 0.15) is 43.1 Å². The van der Waals surface area contributed by atoms with Crippen molar-refractivity contribution in [1.82, 2.24) is 4.90 Å². The van der Waals surface area contributed by atoms with E-state index in [0.29, 0.717) is 6.54 Å². The largest absolute Gasteiger partial charge is 0.467 e. The van der Waals surface area contributed by atoms with Crippen LogP contribution in [0.25, 0.3) is 0 Å². The van der Waals surface area contributed by atoms with E-state index in [1.165, 1.54) is 30.5 Å². The smallest absolute Gasteiger partial charge is 0.173 e. The number of benzene rings is 1. The number of nitrogens with one attached hydrogen (secondary N) is 2. The van der Waals surface area contributed by atoms with Gasteiger partial charge in [0, 0.05) is 18.7 Å². The Morgan fingerprint density at radius 1 is 1.15 bits per heavy atom. The van der Waals surface area contributed by atoms with Crippen LogP contribution in [0.15, 0.2) is 41.0 Å². The number of thiocarbonyl (C=S) groups is 1. The Labute approximate surface area is 169 Å². The van der Waals surface area contributed by atoms with Crippen molar-refractivity contribution in [3.8, 4) is 0 Å². The van der Waals surface area contributed by atoms with Crippen molar-refractivity contribution in [2.24, 2.45) is 0 Å². The fraction of sp³-hybridized carbons (Fsp3) is 0.500. The van der Waals surface area contributed by atoms with Gasteiger partial charge in [0.1, 0.15) is 5.76 Å². The van der Waals surface area contributed by atoms with E-state index in [1.807, 2.05) is 12.1 Å². The number of rotatable bonds is 10. The van der Waals surface area contributed by atoms with Crippen molar-refractivity contribution in [2.45, 2.75) is 46.6 Å². The maximum Gasteiger partial charge on any atom is 0.173 e. The molecule has 148 valence electrons. The topological polar surface area (TPSA) is 32.9 Å². The van der Waals surface area contributed by atoms with Gasteiger partial charge in [-0.25, -0.2) is 0 Å².